The normalized spacial score (nSPS) is 12.6. The van der Waals surface area contributed by atoms with Gasteiger partial charge in [-0.2, -0.15) is 0 Å². The molecule has 0 aliphatic heterocycles. The molecule has 0 fully saturated rings. The highest BCUT2D eigenvalue weighted by molar-refractivity contribution is 5.94. The Morgan fingerprint density at radius 1 is 1.06 bits per heavy atom. The standard InChI is InChI=1S/C16H22N2/c1-3-14(12-17)18(4-2)16-11-7-9-13-8-5-6-10-15(13)16/h5-11,14H,3-4,12,17H2,1-2H3. The Bertz CT molecular complexity index is 498. The second kappa shape index (κ2) is 5.87. The topological polar surface area (TPSA) is 29.3 Å². The van der Waals surface area contributed by atoms with Crippen molar-refractivity contribution in [3.05, 3.63) is 42.5 Å². The van der Waals surface area contributed by atoms with Crippen LogP contribution in [0.15, 0.2) is 42.5 Å². The van der Waals surface area contributed by atoms with Crippen LogP contribution in [-0.2, 0) is 0 Å². The van der Waals surface area contributed by atoms with E-state index in [9.17, 15) is 0 Å². The number of hydrogen-bond acceptors (Lipinski definition) is 2. The number of benzene rings is 2. The van der Waals surface area contributed by atoms with Crippen LogP contribution in [0.5, 0.6) is 0 Å². The van der Waals surface area contributed by atoms with Crippen LogP contribution in [-0.4, -0.2) is 19.1 Å². The largest absolute Gasteiger partial charge is 0.367 e. The molecule has 2 nitrogen and oxygen atoms in total. The molecule has 0 saturated carbocycles. The fraction of sp³-hybridized carbons (Fsp3) is 0.375. The van der Waals surface area contributed by atoms with Crippen molar-refractivity contribution in [3.8, 4) is 0 Å². The van der Waals surface area contributed by atoms with Crippen LogP contribution < -0.4 is 10.6 Å². The zero-order chi connectivity index (χ0) is 13.0. The summed E-state index contributed by atoms with van der Waals surface area (Å²) < 4.78 is 0. The molecule has 0 spiro atoms. The van der Waals surface area contributed by atoms with Crippen molar-refractivity contribution in [1.29, 1.82) is 0 Å². The van der Waals surface area contributed by atoms with E-state index in [0.29, 0.717) is 12.6 Å². The molecule has 2 aromatic carbocycles. The number of hydrogen-bond donors (Lipinski definition) is 1. The van der Waals surface area contributed by atoms with Crippen LogP contribution in [0, 0.1) is 0 Å². The van der Waals surface area contributed by atoms with Gasteiger partial charge in [0.05, 0.1) is 0 Å². The van der Waals surface area contributed by atoms with Crippen LogP contribution in [0.1, 0.15) is 20.3 Å². The second-order valence-electron chi connectivity index (χ2n) is 4.58. The molecule has 0 aliphatic rings. The lowest BCUT2D eigenvalue weighted by atomic mass is 10.1. The average Bonchev–Trinajstić information content (AvgIpc) is 2.44. The average molecular weight is 242 g/mol. The Kier molecular flexibility index (Phi) is 4.21. The van der Waals surface area contributed by atoms with E-state index in [2.05, 4.69) is 61.2 Å². The first-order valence-corrected chi connectivity index (χ1v) is 6.76. The summed E-state index contributed by atoms with van der Waals surface area (Å²) in [5, 5.41) is 2.61. The molecule has 2 aromatic rings. The van der Waals surface area contributed by atoms with E-state index in [4.69, 9.17) is 5.73 Å². The molecule has 2 N–H and O–H groups in total. The quantitative estimate of drug-likeness (QED) is 0.870. The van der Waals surface area contributed by atoms with E-state index in [0.717, 1.165) is 13.0 Å². The number of nitrogens with two attached hydrogens (primary N) is 1. The Balaban J connectivity index is 2.51. The number of rotatable bonds is 5. The van der Waals surface area contributed by atoms with Gasteiger partial charge in [-0.15, -0.1) is 0 Å². The number of anilines is 1. The van der Waals surface area contributed by atoms with Crippen LogP contribution >= 0.6 is 0 Å². The third kappa shape index (κ3) is 2.34. The van der Waals surface area contributed by atoms with Gasteiger partial charge in [-0.25, -0.2) is 0 Å². The minimum atomic E-state index is 0.417. The fourth-order valence-corrected chi connectivity index (χ4v) is 2.60. The highest BCUT2D eigenvalue weighted by Crippen LogP contribution is 2.28. The van der Waals surface area contributed by atoms with Gasteiger partial charge in [0.15, 0.2) is 0 Å². The third-order valence-corrected chi connectivity index (χ3v) is 3.60. The van der Waals surface area contributed by atoms with E-state index in [1.165, 1.54) is 16.5 Å². The summed E-state index contributed by atoms with van der Waals surface area (Å²) in [6, 6.07) is 15.4. The highest BCUT2D eigenvalue weighted by Gasteiger charge is 2.15. The molecule has 18 heavy (non-hydrogen) atoms. The maximum Gasteiger partial charge on any atom is 0.0448 e. The lowest BCUT2D eigenvalue weighted by molar-refractivity contribution is 0.593. The SMILES string of the molecule is CCC(CN)N(CC)c1cccc2ccccc12. The zero-order valence-electron chi connectivity index (χ0n) is 11.3. The van der Waals surface area contributed by atoms with Crippen molar-refractivity contribution >= 4 is 16.5 Å². The van der Waals surface area contributed by atoms with Crippen LogP contribution in [0.4, 0.5) is 5.69 Å². The van der Waals surface area contributed by atoms with E-state index in [1.54, 1.807) is 0 Å². The minimum absolute atomic E-state index is 0.417. The third-order valence-electron chi connectivity index (χ3n) is 3.60. The lowest BCUT2D eigenvalue weighted by Crippen LogP contribution is -2.40. The summed E-state index contributed by atoms with van der Waals surface area (Å²) in [7, 11) is 0. The molecule has 0 heterocycles. The van der Waals surface area contributed by atoms with Crippen LogP contribution in [0.3, 0.4) is 0 Å². The van der Waals surface area contributed by atoms with Crippen LogP contribution in [0.25, 0.3) is 10.8 Å². The van der Waals surface area contributed by atoms with Gasteiger partial charge < -0.3 is 10.6 Å². The highest BCUT2D eigenvalue weighted by atomic mass is 15.2. The summed E-state index contributed by atoms with van der Waals surface area (Å²) in [4.78, 5) is 2.42. The molecule has 0 saturated heterocycles. The molecule has 0 radical (unpaired) electrons. The second-order valence-corrected chi connectivity index (χ2v) is 4.58. The van der Waals surface area contributed by atoms with Gasteiger partial charge in [-0.3, -0.25) is 0 Å². The van der Waals surface area contributed by atoms with E-state index in [-0.39, 0.29) is 0 Å². The zero-order valence-corrected chi connectivity index (χ0v) is 11.3. The number of fused-ring (bicyclic) bond motifs is 1. The predicted molar refractivity (Wildman–Crippen MR) is 80.1 cm³/mol. The van der Waals surface area contributed by atoms with Crippen molar-refractivity contribution in [2.24, 2.45) is 5.73 Å². The Morgan fingerprint density at radius 3 is 2.44 bits per heavy atom. The van der Waals surface area contributed by atoms with Crippen molar-refractivity contribution in [2.45, 2.75) is 26.3 Å². The molecule has 0 amide bonds. The number of likely N-dealkylation sites (N-methyl/N-ethyl adjacent to an activating group) is 1. The van der Waals surface area contributed by atoms with E-state index < -0.39 is 0 Å². The molecule has 2 rings (SSSR count). The summed E-state index contributed by atoms with van der Waals surface area (Å²) in [5.74, 6) is 0. The molecule has 2 heteroatoms. The van der Waals surface area contributed by atoms with Gasteiger partial charge in [0.25, 0.3) is 0 Å². The molecule has 1 atom stereocenters. The maximum absolute atomic E-state index is 5.90. The monoisotopic (exact) mass is 242 g/mol. The summed E-state index contributed by atoms with van der Waals surface area (Å²) in [6.45, 7) is 6.09. The first kappa shape index (κ1) is 12.9. The molecular formula is C16H22N2. The Labute approximate surface area is 109 Å². The fourth-order valence-electron chi connectivity index (χ4n) is 2.60. The van der Waals surface area contributed by atoms with Gasteiger partial charge in [-0.05, 0) is 24.8 Å². The van der Waals surface area contributed by atoms with Crippen molar-refractivity contribution in [3.63, 3.8) is 0 Å². The first-order chi connectivity index (χ1) is 8.81. The smallest absolute Gasteiger partial charge is 0.0448 e. The first-order valence-electron chi connectivity index (χ1n) is 6.76. The molecule has 96 valence electrons. The summed E-state index contributed by atoms with van der Waals surface area (Å²) in [5.41, 5.74) is 7.20. The molecule has 0 bridgehead atoms. The van der Waals surface area contributed by atoms with Gasteiger partial charge in [0, 0.05) is 30.2 Å². The molecule has 1 unspecified atom stereocenters. The van der Waals surface area contributed by atoms with Crippen LogP contribution in [0.2, 0.25) is 0 Å². The lowest BCUT2D eigenvalue weighted by Gasteiger charge is -2.32. The summed E-state index contributed by atoms with van der Waals surface area (Å²) >= 11 is 0. The minimum Gasteiger partial charge on any atom is -0.367 e. The van der Waals surface area contributed by atoms with Crippen molar-refractivity contribution in [2.75, 3.05) is 18.0 Å². The predicted octanol–water partition coefficient (Wildman–Crippen LogP) is 3.40. The summed E-state index contributed by atoms with van der Waals surface area (Å²) in [6.07, 6.45) is 1.08. The van der Waals surface area contributed by atoms with Crippen molar-refractivity contribution < 1.29 is 0 Å². The van der Waals surface area contributed by atoms with E-state index >= 15 is 0 Å². The van der Waals surface area contributed by atoms with Crippen molar-refractivity contribution in [1.82, 2.24) is 0 Å². The Morgan fingerprint density at radius 2 is 1.78 bits per heavy atom. The van der Waals surface area contributed by atoms with Gasteiger partial charge in [0.2, 0.25) is 0 Å². The Hall–Kier alpha value is -1.54. The molecular weight excluding hydrogens is 220 g/mol. The van der Waals surface area contributed by atoms with E-state index in [1.807, 2.05) is 0 Å². The number of nitrogens with zero attached hydrogens (tertiary/aromatic N) is 1. The maximum atomic E-state index is 5.90. The molecule has 0 aromatic heterocycles. The molecule has 0 aliphatic carbocycles. The van der Waals surface area contributed by atoms with Gasteiger partial charge >= 0.3 is 0 Å². The van der Waals surface area contributed by atoms with Gasteiger partial charge in [-0.1, -0.05) is 43.3 Å². The van der Waals surface area contributed by atoms with Gasteiger partial charge in [0.1, 0.15) is 0 Å².